The number of rotatable bonds is 2. The van der Waals surface area contributed by atoms with Crippen LogP contribution in [0.15, 0.2) is 30.6 Å². The van der Waals surface area contributed by atoms with E-state index in [-0.39, 0.29) is 11.8 Å². The van der Waals surface area contributed by atoms with Gasteiger partial charge in [0.25, 0.3) is 0 Å². The number of nitrogens with zero attached hydrogens (tertiary/aromatic N) is 3. The van der Waals surface area contributed by atoms with Crippen LogP contribution in [0.25, 0.3) is 22.0 Å². The van der Waals surface area contributed by atoms with E-state index in [0.717, 1.165) is 22.4 Å². The quantitative estimate of drug-likeness (QED) is 0.766. The lowest BCUT2D eigenvalue weighted by Gasteiger charge is -2.17. The summed E-state index contributed by atoms with van der Waals surface area (Å²) >= 11 is 0. The number of Topliss-reactive ketones (excluding diaryl/α,β-unsaturated/α-hetero) is 1. The molecule has 1 fully saturated rings. The Morgan fingerprint density at radius 2 is 2.08 bits per heavy atom. The van der Waals surface area contributed by atoms with Gasteiger partial charge in [0, 0.05) is 66.4 Å². The van der Waals surface area contributed by atoms with Crippen LogP contribution in [0.1, 0.15) is 43.4 Å². The van der Waals surface area contributed by atoms with Crippen LogP contribution < -0.4 is 5.32 Å². The predicted octanol–water partition coefficient (Wildman–Crippen LogP) is 3.83. The summed E-state index contributed by atoms with van der Waals surface area (Å²) in [5, 5.41) is 9.53. The maximum atomic E-state index is 12.1. The Hall–Kier alpha value is -2.69. The Balaban J connectivity index is 1.68. The summed E-state index contributed by atoms with van der Waals surface area (Å²) in [6.45, 7) is 2.06. The number of nitrogens with one attached hydrogen (secondary N) is 1. The number of fused-ring (bicyclic) bond motifs is 2. The van der Waals surface area contributed by atoms with E-state index in [1.165, 1.54) is 29.4 Å². The van der Waals surface area contributed by atoms with E-state index in [9.17, 15) is 4.79 Å². The minimum absolute atomic E-state index is 0.133. The number of carbonyl (C=O) groups excluding carboxylic acids is 1. The molecule has 2 aliphatic rings. The van der Waals surface area contributed by atoms with E-state index in [2.05, 4.69) is 35.4 Å². The van der Waals surface area contributed by atoms with Crippen molar-refractivity contribution in [3.63, 3.8) is 0 Å². The van der Waals surface area contributed by atoms with Crippen molar-refractivity contribution in [1.29, 1.82) is 0 Å². The Bertz CT molecular complexity index is 1030. The van der Waals surface area contributed by atoms with Gasteiger partial charge in [-0.05, 0) is 37.5 Å². The van der Waals surface area contributed by atoms with Gasteiger partial charge >= 0.3 is 0 Å². The van der Waals surface area contributed by atoms with Crippen LogP contribution in [0, 0.1) is 0 Å². The third-order valence-electron chi connectivity index (χ3n) is 5.49. The number of pyridine rings is 1. The molecule has 3 aromatic rings. The van der Waals surface area contributed by atoms with Gasteiger partial charge in [-0.2, -0.15) is 5.10 Å². The monoisotopic (exact) mass is 346 g/mol. The van der Waals surface area contributed by atoms with Crippen molar-refractivity contribution in [2.24, 2.45) is 7.05 Å². The highest BCUT2D eigenvalue weighted by Crippen LogP contribution is 2.43. The lowest BCUT2D eigenvalue weighted by atomic mass is 9.99. The molecule has 26 heavy (non-hydrogen) atoms. The molecule has 1 aromatic carbocycles. The van der Waals surface area contributed by atoms with Crippen LogP contribution in [0.5, 0.6) is 0 Å². The molecule has 1 aliphatic heterocycles. The summed E-state index contributed by atoms with van der Waals surface area (Å²) < 4.78 is 1.98. The second-order valence-electron chi connectivity index (χ2n) is 7.70. The average molecular weight is 346 g/mol. The molecule has 5 heteroatoms. The summed E-state index contributed by atoms with van der Waals surface area (Å²) in [6, 6.07) is 6.66. The van der Waals surface area contributed by atoms with Gasteiger partial charge in [0.1, 0.15) is 5.78 Å². The number of hydrogen-bond donors (Lipinski definition) is 1. The predicted molar refractivity (Wildman–Crippen MR) is 102 cm³/mol. The third-order valence-corrected chi connectivity index (χ3v) is 5.49. The molecule has 3 heterocycles. The molecule has 1 N–H and O–H groups in total. The first kappa shape index (κ1) is 15.6. The number of aryl methyl sites for hydroxylation is 1. The summed E-state index contributed by atoms with van der Waals surface area (Å²) in [7, 11) is 2.01. The van der Waals surface area contributed by atoms with E-state index in [4.69, 9.17) is 5.10 Å². The van der Waals surface area contributed by atoms with Crippen molar-refractivity contribution in [2.75, 3.05) is 5.32 Å². The van der Waals surface area contributed by atoms with Gasteiger partial charge in [-0.3, -0.25) is 14.5 Å². The SMILES string of the molecule is C[C@@H]1CC(=O)Cc2cncc(-c3ccc4c(c3)c(C3CC3)nn4C)c2N1. The van der Waals surface area contributed by atoms with E-state index in [0.29, 0.717) is 18.8 Å². The Labute approximate surface area is 152 Å². The first-order valence-electron chi connectivity index (χ1n) is 9.32. The van der Waals surface area contributed by atoms with Crippen LogP contribution in [0.2, 0.25) is 0 Å². The fourth-order valence-electron chi connectivity index (χ4n) is 4.07. The molecule has 0 saturated heterocycles. The Morgan fingerprint density at radius 1 is 1.23 bits per heavy atom. The number of ketones is 1. The lowest BCUT2D eigenvalue weighted by Crippen LogP contribution is -2.17. The number of carbonyl (C=O) groups is 1. The van der Waals surface area contributed by atoms with Gasteiger partial charge in [0.15, 0.2) is 0 Å². The van der Waals surface area contributed by atoms with Gasteiger partial charge in [-0.25, -0.2) is 0 Å². The highest BCUT2D eigenvalue weighted by Gasteiger charge is 2.29. The summed E-state index contributed by atoms with van der Waals surface area (Å²) in [6.07, 6.45) is 7.21. The van der Waals surface area contributed by atoms with Gasteiger partial charge in [0.05, 0.1) is 11.2 Å². The summed E-state index contributed by atoms with van der Waals surface area (Å²) in [4.78, 5) is 16.5. The molecule has 5 nitrogen and oxygen atoms in total. The summed E-state index contributed by atoms with van der Waals surface area (Å²) in [5.74, 6) is 0.872. The topological polar surface area (TPSA) is 59.8 Å². The zero-order valence-electron chi connectivity index (χ0n) is 15.1. The van der Waals surface area contributed by atoms with Gasteiger partial charge < -0.3 is 5.32 Å². The van der Waals surface area contributed by atoms with Gasteiger partial charge in [-0.1, -0.05) is 6.07 Å². The molecule has 0 amide bonds. The van der Waals surface area contributed by atoms with Gasteiger partial charge in [0.2, 0.25) is 0 Å². The zero-order chi connectivity index (χ0) is 17.8. The molecular weight excluding hydrogens is 324 g/mol. The third kappa shape index (κ3) is 2.50. The van der Waals surface area contributed by atoms with Crippen LogP contribution in [-0.2, 0) is 18.3 Å². The summed E-state index contributed by atoms with van der Waals surface area (Å²) in [5.41, 5.74) is 6.63. The standard InChI is InChI=1S/C21H22N4O/c1-12-7-16(26)8-15-10-22-11-18(20(15)23-12)14-5-6-19-17(9-14)21(13-3-4-13)24-25(19)2/h5-6,9-13,23H,3-4,7-8H2,1-2H3/t12-/m1/s1. The van der Waals surface area contributed by atoms with E-state index in [1.807, 2.05) is 24.1 Å². The lowest BCUT2D eigenvalue weighted by molar-refractivity contribution is -0.118. The fourth-order valence-corrected chi connectivity index (χ4v) is 4.07. The molecule has 2 aromatic heterocycles. The van der Waals surface area contributed by atoms with E-state index >= 15 is 0 Å². The number of aromatic nitrogens is 3. The van der Waals surface area contributed by atoms with Crippen LogP contribution in [-0.4, -0.2) is 26.6 Å². The number of benzene rings is 1. The molecule has 1 aliphatic carbocycles. The van der Waals surface area contributed by atoms with Crippen molar-refractivity contribution in [1.82, 2.24) is 14.8 Å². The molecule has 1 atom stereocenters. The first-order valence-corrected chi connectivity index (χ1v) is 9.32. The average Bonchev–Trinajstić information content (AvgIpc) is 3.41. The second-order valence-corrected chi connectivity index (χ2v) is 7.70. The van der Waals surface area contributed by atoms with Crippen LogP contribution in [0.3, 0.4) is 0 Å². The molecule has 5 rings (SSSR count). The zero-order valence-corrected chi connectivity index (χ0v) is 15.1. The smallest absolute Gasteiger partial charge is 0.139 e. The molecule has 1 saturated carbocycles. The van der Waals surface area contributed by atoms with Gasteiger partial charge in [-0.15, -0.1) is 0 Å². The van der Waals surface area contributed by atoms with Crippen LogP contribution in [0.4, 0.5) is 5.69 Å². The normalized spacial score (nSPS) is 19.9. The molecule has 132 valence electrons. The Kier molecular flexibility index (Phi) is 3.39. The first-order chi connectivity index (χ1) is 12.6. The second kappa shape index (κ2) is 5.66. The molecule has 0 spiro atoms. The van der Waals surface area contributed by atoms with Crippen LogP contribution >= 0.6 is 0 Å². The maximum absolute atomic E-state index is 12.1. The number of hydrogen-bond acceptors (Lipinski definition) is 4. The largest absolute Gasteiger partial charge is 0.381 e. The minimum Gasteiger partial charge on any atom is -0.381 e. The van der Waals surface area contributed by atoms with Crippen molar-refractivity contribution in [3.8, 4) is 11.1 Å². The highest BCUT2D eigenvalue weighted by atomic mass is 16.1. The molecule has 0 unspecified atom stereocenters. The van der Waals surface area contributed by atoms with Crippen molar-refractivity contribution < 1.29 is 4.79 Å². The highest BCUT2D eigenvalue weighted by molar-refractivity contribution is 5.93. The van der Waals surface area contributed by atoms with Crippen molar-refractivity contribution in [3.05, 3.63) is 41.9 Å². The maximum Gasteiger partial charge on any atom is 0.139 e. The minimum atomic E-state index is 0.133. The van der Waals surface area contributed by atoms with Crippen molar-refractivity contribution >= 4 is 22.4 Å². The molecule has 0 bridgehead atoms. The fraction of sp³-hybridized carbons (Fsp3) is 0.381. The van der Waals surface area contributed by atoms with E-state index < -0.39 is 0 Å². The van der Waals surface area contributed by atoms with Crippen molar-refractivity contribution in [2.45, 2.75) is 44.6 Å². The molecule has 0 radical (unpaired) electrons. The van der Waals surface area contributed by atoms with E-state index in [1.54, 1.807) is 0 Å². The number of anilines is 1. The Morgan fingerprint density at radius 3 is 2.88 bits per heavy atom. The molecular formula is C21H22N4O.